The zero-order chi connectivity index (χ0) is 15.8. The van der Waals surface area contributed by atoms with Crippen LogP contribution < -0.4 is 5.32 Å². The van der Waals surface area contributed by atoms with Gasteiger partial charge in [-0.3, -0.25) is 9.59 Å². The van der Waals surface area contributed by atoms with Crippen molar-refractivity contribution in [1.82, 2.24) is 10.2 Å². The van der Waals surface area contributed by atoms with Crippen LogP contribution in [-0.2, 0) is 16.1 Å². The number of rotatable bonds is 7. The summed E-state index contributed by atoms with van der Waals surface area (Å²) in [5.74, 6) is -0.00677. The van der Waals surface area contributed by atoms with Crippen molar-refractivity contribution in [3.63, 3.8) is 0 Å². The number of hydrogen-bond donors (Lipinski definition) is 1. The lowest BCUT2D eigenvalue weighted by Gasteiger charge is -2.21. The molecule has 116 valence electrons. The molecule has 0 aliphatic rings. The van der Waals surface area contributed by atoms with Gasteiger partial charge in [0.05, 0.1) is 0 Å². The van der Waals surface area contributed by atoms with Crippen LogP contribution in [0.3, 0.4) is 0 Å². The third-order valence-corrected chi connectivity index (χ3v) is 3.53. The lowest BCUT2D eigenvalue weighted by molar-refractivity contribution is -0.130. The molecule has 4 heteroatoms. The standard InChI is InChI=1S/C17H26N2O2/c1-5-14(3)18-17(21)9-10-19(15(4)20)12-16-8-6-7-13(2)11-16/h6-8,11,14H,5,9-10,12H2,1-4H3,(H,18,21). The Hall–Kier alpha value is -1.84. The topological polar surface area (TPSA) is 49.4 Å². The zero-order valence-electron chi connectivity index (χ0n) is 13.5. The molecule has 1 unspecified atom stereocenters. The predicted molar refractivity (Wildman–Crippen MR) is 84.8 cm³/mol. The highest BCUT2D eigenvalue weighted by Crippen LogP contribution is 2.08. The molecule has 0 saturated carbocycles. The van der Waals surface area contributed by atoms with Crippen LogP contribution in [-0.4, -0.2) is 29.3 Å². The molecule has 0 bridgehead atoms. The first-order valence-electron chi connectivity index (χ1n) is 7.52. The molecule has 0 spiro atoms. The number of carbonyl (C=O) groups excluding carboxylic acids is 2. The fraction of sp³-hybridized carbons (Fsp3) is 0.529. The molecule has 0 aliphatic carbocycles. The van der Waals surface area contributed by atoms with Crippen LogP contribution in [0.15, 0.2) is 24.3 Å². The summed E-state index contributed by atoms with van der Waals surface area (Å²) in [6.07, 6.45) is 1.25. The number of nitrogens with one attached hydrogen (secondary N) is 1. The summed E-state index contributed by atoms with van der Waals surface area (Å²) in [6.45, 7) is 8.58. The van der Waals surface area contributed by atoms with Gasteiger partial charge >= 0.3 is 0 Å². The van der Waals surface area contributed by atoms with E-state index in [2.05, 4.69) is 11.4 Å². The van der Waals surface area contributed by atoms with Gasteiger partial charge in [0.2, 0.25) is 11.8 Å². The lowest BCUT2D eigenvalue weighted by Crippen LogP contribution is -2.36. The van der Waals surface area contributed by atoms with E-state index in [0.29, 0.717) is 19.5 Å². The third-order valence-electron chi connectivity index (χ3n) is 3.53. The Morgan fingerprint density at radius 2 is 2.05 bits per heavy atom. The molecule has 4 nitrogen and oxygen atoms in total. The Kier molecular flexibility index (Phi) is 6.92. The minimum absolute atomic E-state index is 0.000146. The van der Waals surface area contributed by atoms with Crippen LogP contribution in [0.1, 0.15) is 44.7 Å². The maximum Gasteiger partial charge on any atom is 0.221 e. The second kappa shape index (κ2) is 8.45. The number of nitrogens with zero attached hydrogens (tertiary/aromatic N) is 1. The molecular formula is C17H26N2O2. The molecule has 0 radical (unpaired) electrons. The van der Waals surface area contributed by atoms with E-state index >= 15 is 0 Å². The molecule has 2 amide bonds. The fourth-order valence-electron chi connectivity index (χ4n) is 2.06. The molecule has 1 atom stereocenters. The van der Waals surface area contributed by atoms with E-state index in [-0.39, 0.29) is 17.9 Å². The van der Waals surface area contributed by atoms with Crippen molar-refractivity contribution in [3.8, 4) is 0 Å². The van der Waals surface area contributed by atoms with Crippen LogP contribution >= 0.6 is 0 Å². The monoisotopic (exact) mass is 290 g/mol. The fourth-order valence-corrected chi connectivity index (χ4v) is 2.06. The summed E-state index contributed by atoms with van der Waals surface area (Å²) in [7, 11) is 0. The van der Waals surface area contributed by atoms with E-state index in [1.165, 1.54) is 5.56 Å². The zero-order valence-corrected chi connectivity index (χ0v) is 13.5. The van der Waals surface area contributed by atoms with Crippen molar-refractivity contribution < 1.29 is 9.59 Å². The first-order chi connectivity index (χ1) is 9.92. The number of hydrogen-bond acceptors (Lipinski definition) is 2. The van der Waals surface area contributed by atoms with Gasteiger partial charge in [0.25, 0.3) is 0 Å². The minimum atomic E-state index is -0.00662. The quantitative estimate of drug-likeness (QED) is 0.839. The molecule has 1 aromatic rings. The van der Waals surface area contributed by atoms with E-state index in [0.717, 1.165) is 12.0 Å². The number of benzene rings is 1. The summed E-state index contributed by atoms with van der Waals surface area (Å²) in [5, 5.41) is 2.92. The Labute approximate surface area is 127 Å². The first-order valence-corrected chi connectivity index (χ1v) is 7.52. The molecule has 1 aromatic carbocycles. The maximum atomic E-state index is 11.8. The van der Waals surface area contributed by atoms with Gasteiger partial charge in [-0.15, -0.1) is 0 Å². The number of aryl methyl sites for hydroxylation is 1. The van der Waals surface area contributed by atoms with Gasteiger partial charge in [-0.1, -0.05) is 36.8 Å². The van der Waals surface area contributed by atoms with Gasteiger partial charge < -0.3 is 10.2 Å². The van der Waals surface area contributed by atoms with E-state index in [1.54, 1.807) is 11.8 Å². The highest BCUT2D eigenvalue weighted by atomic mass is 16.2. The Morgan fingerprint density at radius 3 is 2.62 bits per heavy atom. The summed E-state index contributed by atoms with van der Waals surface area (Å²) in [6, 6.07) is 8.26. The summed E-state index contributed by atoms with van der Waals surface area (Å²) >= 11 is 0. The van der Waals surface area contributed by atoms with Gasteiger partial charge in [-0.05, 0) is 25.8 Å². The van der Waals surface area contributed by atoms with Gasteiger partial charge in [0.1, 0.15) is 0 Å². The van der Waals surface area contributed by atoms with Crippen molar-refractivity contribution in [2.45, 2.75) is 53.1 Å². The molecule has 0 aromatic heterocycles. The first kappa shape index (κ1) is 17.2. The summed E-state index contributed by atoms with van der Waals surface area (Å²) in [4.78, 5) is 25.2. The summed E-state index contributed by atoms with van der Waals surface area (Å²) < 4.78 is 0. The van der Waals surface area contributed by atoms with Gasteiger partial charge in [0, 0.05) is 32.5 Å². The van der Waals surface area contributed by atoms with E-state index < -0.39 is 0 Å². The third kappa shape index (κ3) is 6.43. The van der Waals surface area contributed by atoms with E-state index in [4.69, 9.17) is 0 Å². The Bertz CT molecular complexity index is 485. The SMILES string of the molecule is CCC(C)NC(=O)CCN(Cc1cccc(C)c1)C(C)=O. The van der Waals surface area contributed by atoms with Crippen LogP contribution in [0.5, 0.6) is 0 Å². The second-order valence-corrected chi connectivity index (χ2v) is 5.56. The highest BCUT2D eigenvalue weighted by molar-refractivity contribution is 5.78. The van der Waals surface area contributed by atoms with Crippen molar-refractivity contribution >= 4 is 11.8 Å². The average molecular weight is 290 g/mol. The van der Waals surface area contributed by atoms with E-state index in [9.17, 15) is 9.59 Å². The van der Waals surface area contributed by atoms with Crippen LogP contribution in [0.4, 0.5) is 0 Å². The number of carbonyl (C=O) groups is 2. The second-order valence-electron chi connectivity index (χ2n) is 5.56. The molecule has 21 heavy (non-hydrogen) atoms. The molecule has 1 rings (SSSR count). The largest absolute Gasteiger partial charge is 0.354 e. The predicted octanol–water partition coefficient (Wildman–Crippen LogP) is 2.65. The highest BCUT2D eigenvalue weighted by Gasteiger charge is 2.12. The molecular weight excluding hydrogens is 264 g/mol. The smallest absolute Gasteiger partial charge is 0.221 e. The average Bonchev–Trinajstić information content (AvgIpc) is 2.43. The lowest BCUT2D eigenvalue weighted by atomic mass is 10.1. The normalized spacial score (nSPS) is 11.8. The molecule has 0 heterocycles. The summed E-state index contributed by atoms with van der Waals surface area (Å²) in [5.41, 5.74) is 2.26. The maximum absolute atomic E-state index is 11.8. The van der Waals surface area contributed by atoms with Crippen molar-refractivity contribution in [3.05, 3.63) is 35.4 Å². The van der Waals surface area contributed by atoms with Crippen LogP contribution in [0.25, 0.3) is 0 Å². The van der Waals surface area contributed by atoms with E-state index in [1.807, 2.05) is 39.0 Å². The van der Waals surface area contributed by atoms with Crippen molar-refractivity contribution in [1.29, 1.82) is 0 Å². The molecule has 0 saturated heterocycles. The van der Waals surface area contributed by atoms with Gasteiger partial charge in [-0.25, -0.2) is 0 Å². The van der Waals surface area contributed by atoms with Crippen molar-refractivity contribution in [2.24, 2.45) is 0 Å². The van der Waals surface area contributed by atoms with Crippen molar-refractivity contribution in [2.75, 3.05) is 6.54 Å². The molecule has 0 fully saturated rings. The minimum Gasteiger partial charge on any atom is -0.354 e. The van der Waals surface area contributed by atoms with Crippen LogP contribution in [0.2, 0.25) is 0 Å². The number of amides is 2. The van der Waals surface area contributed by atoms with Gasteiger partial charge in [-0.2, -0.15) is 0 Å². The Morgan fingerprint density at radius 1 is 1.33 bits per heavy atom. The molecule has 0 aliphatic heterocycles. The molecule has 1 N–H and O–H groups in total. The van der Waals surface area contributed by atoms with Crippen LogP contribution in [0, 0.1) is 6.92 Å². The van der Waals surface area contributed by atoms with Gasteiger partial charge in [0.15, 0.2) is 0 Å². The Balaban J connectivity index is 2.54.